The third-order valence-electron chi connectivity index (χ3n) is 3.77. The first-order valence-electron chi connectivity index (χ1n) is 7.44. The van der Waals surface area contributed by atoms with Crippen molar-refractivity contribution in [2.75, 3.05) is 5.75 Å². The summed E-state index contributed by atoms with van der Waals surface area (Å²) in [5.74, 6) is 2.17. The van der Waals surface area contributed by atoms with Crippen molar-refractivity contribution in [1.82, 2.24) is 4.98 Å². The molecule has 2 nitrogen and oxygen atoms in total. The molecular weight excluding hydrogens is 290 g/mol. The van der Waals surface area contributed by atoms with Crippen LogP contribution in [0, 0.1) is 0 Å². The molecule has 3 rings (SSSR count). The molecule has 0 amide bonds. The molecule has 1 atom stereocenters. The van der Waals surface area contributed by atoms with Crippen LogP contribution >= 0.6 is 12.6 Å². The van der Waals surface area contributed by atoms with Gasteiger partial charge in [-0.25, -0.2) is 4.98 Å². The first-order valence-corrected chi connectivity index (χ1v) is 8.08. The molecule has 0 aliphatic carbocycles. The summed E-state index contributed by atoms with van der Waals surface area (Å²) >= 11 is 4.33. The van der Waals surface area contributed by atoms with Gasteiger partial charge in [0, 0.05) is 5.39 Å². The van der Waals surface area contributed by atoms with Crippen molar-refractivity contribution in [2.24, 2.45) is 0 Å². The minimum Gasteiger partial charge on any atom is -0.487 e. The van der Waals surface area contributed by atoms with Crippen molar-refractivity contribution in [2.45, 2.75) is 19.4 Å². The molecule has 0 saturated heterocycles. The number of benzene rings is 2. The summed E-state index contributed by atoms with van der Waals surface area (Å²) in [6.07, 6.45) is 0. The van der Waals surface area contributed by atoms with Gasteiger partial charge in [-0.15, -0.1) is 0 Å². The third-order valence-corrected chi connectivity index (χ3v) is 4.31. The van der Waals surface area contributed by atoms with Crippen molar-refractivity contribution in [1.29, 1.82) is 0 Å². The van der Waals surface area contributed by atoms with Crippen LogP contribution in [0.3, 0.4) is 0 Å². The molecule has 2 aromatic carbocycles. The minimum atomic E-state index is 0.458. The maximum atomic E-state index is 5.83. The van der Waals surface area contributed by atoms with Crippen LogP contribution in [-0.2, 0) is 6.61 Å². The van der Waals surface area contributed by atoms with E-state index in [0.717, 1.165) is 28.1 Å². The van der Waals surface area contributed by atoms with E-state index in [1.807, 2.05) is 36.4 Å². The fourth-order valence-corrected chi connectivity index (χ4v) is 2.55. The maximum absolute atomic E-state index is 5.83. The molecule has 1 heterocycles. The van der Waals surface area contributed by atoms with Gasteiger partial charge in [0.15, 0.2) is 0 Å². The van der Waals surface area contributed by atoms with E-state index in [2.05, 4.69) is 48.8 Å². The predicted molar refractivity (Wildman–Crippen MR) is 94.8 cm³/mol. The molecule has 0 fully saturated rings. The van der Waals surface area contributed by atoms with Crippen molar-refractivity contribution in [3.8, 4) is 5.75 Å². The summed E-state index contributed by atoms with van der Waals surface area (Å²) in [5, 5.41) is 1.15. The van der Waals surface area contributed by atoms with E-state index in [9.17, 15) is 0 Å². The van der Waals surface area contributed by atoms with Gasteiger partial charge in [0.05, 0.1) is 11.2 Å². The van der Waals surface area contributed by atoms with Crippen LogP contribution in [0.2, 0.25) is 0 Å². The van der Waals surface area contributed by atoms with Crippen LogP contribution in [0.4, 0.5) is 0 Å². The largest absolute Gasteiger partial charge is 0.487 e. The monoisotopic (exact) mass is 309 g/mol. The zero-order valence-corrected chi connectivity index (χ0v) is 13.5. The molecule has 3 aromatic rings. The number of nitrogens with zero attached hydrogens (tertiary/aromatic N) is 1. The Morgan fingerprint density at radius 3 is 2.55 bits per heavy atom. The molecule has 0 saturated carbocycles. The van der Waals surface area contributed by atoms with Gasteiger partial charge in [-0.1, -0.05) is 43.3 Å². The number of ether oxygens (including phenoxy) is 1. The highest BCUT2D eigenvalue weighted by Crippen LogP contribution is 2.21. The highest BCUT2D eigenvalue weighted by atomic mass is 32.1. The number of pyridine rings is 1. The Labute approximate surface area is 136 Å². The van der Waals surface area contributed by atoms with Gasteiger partial charge in [0.1, 0.15) is 12.4 Å². The number of rotatable bonds is 5. The third kappa shape index (κ3) is 3.42. The van der Waals surface area contributed by atoms with Crippen LogP contribution in [0.1, 0.15) is 24.1 Å². The molecule has 1 aromatic heterocycles. The van der Waals surface area contributed by atoms with Gasteiger partial charge in [0.2, 0.25) is 0 Å². The molecule has 22 heavy (non-hydrogen) atoms. The molecule has 0 N–H and O–H groups in total. The zero-order valence-electron chi connectivity index (χ0n) is 12.6. The average Bonchev–Trinajstić information content (AvgIpc) is 2.59. The number of hydrogen-bond donors (Lipinski definition) is 1. The first kappa shape index (κ1) is 14.9. The Hall–Kier alpha value is -2.00. The standard InChI is InChI=1S/C19H19NOS/c1-14(13-22)15-7-10-18(11-8-15)21-12-17-9-6-16-4-2-3-5-19(16)20-17/h2-11,14,22H,12-13H2,1H3. The lowest BCUT2D eigenvalue weighted by Gasteiger charge is -2.10. The lowest BCUT2D eigenvalue weighted by molar-refractivity contribution is 0.301. The van der Waals surface area contributed by atoms with Gasteiger partial charge in [-0.3, -0.25) is 0 Å². The van der Waals surface area contributed by atoms with E-state index in [-0.39, 0.29) is 0 Å². The van der Waals surface area contributed by atoms with E-state index in [1.54, 1.807) is 0 Å². The van der Waals surface area contributed by atoms with E-state index < -0.39 is 0 Å². The summed E-state index contributed by atoms with van der Waals surface area (Å²) < 4.78 is 5.83. The number of aromatic nitrogens is 1. The topological polar surface area (TPSA) is 22.1 Å². The van der Waals surface area contributed by atoms with Crippen molar-refractivity contribution < 1.29 is 4.74 Å². The van der Waals surface area contributed by atoms with Crippen molar-refractivity contribution >= 4 is 23.5 Å². The van der Waals surface area contributed by atoms with Crippen LogP contribution in [0.15, 0.2) is 60.7 Å². The van der Waals surface area contributed by atoms with Crippen LogP contribution in [0.5, 0.6) is 5.75 Å². The van der Waals surface area contributed by atoms with E-state index >= 15 is 0 Å². The summed E-state index contributed by atoms with van der Waals surface area (Å²) in [6, 6.07) is 20.4. The Bertz CT molecular complexity index is 755. The van der Waals surface area contributed by atoms with E-state index in [1.165, 1.54) is 5.56 Å². The summed E-state index contributed by atoms with van der Waals surface area (Å²) in [7, 11) is 0. The molecule has 0 spiro atoms. The Kier molecular flexibility index (Phi) is 4.64. The maximum Gasteiger partial charge on any atom is 0.130 e. The number of fused-ring (bicyclic) bond motifs is 1. The lowest BCUT2D eigenvalue weighted by Crippen LogP contribution is -1.99. The molecule has 0 aliphatic heterocycles. The molecule has 0 aliphatic rings. The van der Waals surface area contributed by atoms with Gasteiger partial charge in [-0.05, 0) is 41.5 Å². The molecule has 3 heteroatoms. The van der Waals surface area contributed by atoms with E-state index in [4.69, 9.17) is 4.74 Å². The number of thiol groups is 1. The van der Waals surface area contributed by atoms with Gasteiger partial charge in [0.25, 0.3) is 0 Å². The molecule has 112 valence electrons. The average molecular weight is 309 g/mol. The molecule has 0 bridgehead atoms. The fraction of sp³-hybridized carbons (Fsp3) is 0.211. The summed E-state index contributed by atoms with van der Waals surface area (Å²) in [5.41, 5.74) is 3.22. The predicted octanol–water partition coefficient (Wildman–Crippen LogP) is 4.85. The second-order valence-corrected chi connectivity index (χ2v) is 5.80. The van der Waals surface area contributed by atoms with Gasteiger partial charge >= 0.3 is 0 Å². The second kappa shape index (κ2) is 6.84. The first-order chi connectivity index (χ1) is 10.8. The molecule has 1 unspecified atom stereocenters. The zero-order chi connectivity index (χ0) is 15.4. The van der Waals surface area contributed by atoms with Crippen molar-refractivity contribution in [3.63, 3.8) is 0 Å². The Morgan fingerprint density at radius 1 is 1.00 bits per heavy atom. The fourth-order valence-electron chi connectivity index (χ4n) is 2.34. The summed E-state index contributed by atoms with van der Waals surface area (Å²) in [6.45, 7) is 2.65. The molecule has 0 radical (unpaired) electrons. The van der Waals surface area contributed by atoms with Crippen LogP contribution in [-0.4, -0.2) is 10.7 Å². The van der Waals surface area contributed by atoms with E-state index in [0.29, 0.717) is 12.5 Å². The molecular formula is C19H19NOS. The van der Waals surface area contributed by atoms with Gasteiger partial charge < -0.3 is 4.74 Å². The normalized spacial score (nSPS) is 12.3. The lowest BCUT2D eigenvalue weighted by atomic mass is 10.0. The minimum absolute atomic E-state index is 0.458. The highest BCUT2D eigenvalue weighted by molar-refractivity contribution is 7.80. The Morgan fingerprint density at radius 2 is 1.77 bits per heavy atom. The quantitative estimate of drug-likeness (QED) is 0.681. The van der Waals surface area contributed by atoms with Gasteiger partial charge in [-0.2, -0.15) is 12.6 Å². The van der Waals surface area contributed by atoms with Crippen molar-refractivity contribution in [3.05, 3.63) is 71.9 Å². The Balaban J connectivity index is 1.68. The second-order valence-electron chi connectivity index (χ2n) is 5.44. The van der Waals surface area contributed by atoms with Crippen LogP contribution in [0.25, 0.3) is 10.9 Å². The number of hydrogen-bond acceptors (Lipinski definition) is 3. The summed E-state index contributed by atoms with van der Waals surface area (Å²) in [4.78, 5) is 4.61. The van der Waals surface area contributed by atoms with Crippen LogP contribution < -0.4 is 4.74 Å². The SMILES string of the molecule is CC(CS)c1ccc(OCc2ccc3ccccc3n2)cc1. The number of para-hydroxylation sites is 1. The highest BCUT2D eigenvalue weighted by Gasteiger charge is 2.04. The smallest absolute Gasteiger partial charge is 0.130 e.